The molecular formula is C15H18O2. The smallest absolute Gasteiger partial charge is 0.333 e. The molecule has 0 atom stereocenters. The summed E-state index contributed by atoms with van der Waals surface area (Å²) in [5.41, 5.74) is 3.18. The highest BCUT2D eigenvalue weighted by Crippen LogP contribution is 2.42. The first kappa shape index (κ1) is 11.9. The van der Waals surface area contributed by atoms with Gasteiger partial charge in [-0.25, -0.2) is 4.79 Å². The van der Waals surface area contributed by atoms with Crippen LogP contribution in [0, 0.1) is 0 Å². The Labute approximate surface area is 102 Å². The van der Waals surface area contributed by atoms with E-state index >= 15 is 0 Å². The number of hydrogen-bond acceptors (Lipinski definition) is 2. The van der Waals surface area contributed by atoms with Gasteiger partial charge in [-0.1, -0.05) is 24.3 Å². The molecule has 0 unspecified atom stereocenters. The van der Waals surface area contributed by atoms with Crippen LogP contribution < -0.4 is 0 Å². The van der Waals surface area contributed by atoms with Gasteiger partial charge in [0.2, 0.25) is 0 Å². The van der Waals surface area contributed by atoms with Crippen molar-refractivity contribution < 1.29 is 9.53 Å². The summed E-state index contributed by atoms with van der Waals surface area (Å²) >= 11 is 0. The minimum absolute atomic E-state index is 0.224. The van der Waals surface area contributed by atoms with Crippen molar-refractivity contribution in [1.82, 2.24) is 0 Å². The van der Waals surface area contributed by atoms with Crippen LogP contribution in [0.2, 0.25) is 0 Å². The van der Waals surface area contributed by atoms with Crippen LogP contribution in [0.25, 0.3) is 6.08 Å². The molecule has 0 heterocycles. The van der Waals surface area contributed by atoms with Gasteiger partial charge >= 0.3 is 5.97 Å². The van der Waals surface area contributed by atoms with E-state index in [-0.39, 0.29) is 5.97 Å². The fourth-order valence-corrected chi connectivity index (χ4v) is 1.95. The maximum absolute atomic E-state index is 11.6. The molecule has 2 rings (SSSR count). The van der Waals surface area contributed by atoms with E-state index in [0.717, 1.165) is 5.56 Å². The van der Waals surface area contributed by atoms with E-state index in [1.54, 1.807) is 0 Å². The second kappa shape index (κ2) is 5.17. The summed E-state index contributed by atoms with van der Waals surface area (Å²) in [6.45, 7) is 4.05. The third-order valence-electron chi connectivity index (χ3n) is 2.98. The molecule has 17 heavy (non-hydrogen) atoms. The minimum atomic E-state index is -0.224. The summed E-state index contributed by atoms with van der Waals surface area (Å²) in [6.07, 6.45) is 4.47. The van der Waals surface area contributed by atoms with Gasteiger partial charge in [-0.05, 0) is 49.8 Å². The lowest BCUT2D eigenvalue weighted by Gasteiger charge is -2.06. The van der Waals surface area contributed by atoms with Crippen molar-refractivity contribution in [2.45, 2.75) is 32.6 Å². The average molecular weight is 230 g/mol. The van der Waals surface area contributed by atoms with Crippen LogP contribution in [0.3, 0.4) is 0 Å². The number of esters is 1. The van der Waals surface area contributed by atoms with Crippen LogP contribution >= 0.6 is 0 Å². The summed E-state index contributed by atoms with van der Waals surface area (Å²) in [5, 5.41) is 0. The van der Waals surface area contributed by atoms with Gasteiger partial charge in [-0.15, -0.1) is 0 Å². The summed E-state index contributed by atoms with van der Waals surface area (Å²) in [6, 6.07) is 8.29. The second-order valence-corrected chi connectivity index (χ2v) is 4.45. The van der Waals surface area contributed by atoms with E-state index in [1.807, 2.05) is 26.0 Å². The Balaban J connectivity index is 2.22. The fraction of sp³-hybridized carbons (Fsp3) is 0.400. The molecule has 0 amide bonds. The lowest BCUT2D eigenvalue weighted by molar-refractivity contribution is -0.138. The van der Waals surface area contributed by atoms with Crippen molar-refractivity contribution in [2.24, 2.45) is 0 Å². The molecule has 1 aromatic rings. The molecule has 0 aliphatic heterocycles. The number of hydrogen-bond donors (Lipinski definition) is 0. The Morgan fingerprint density at radius 2 is 2.12 bits per heavy atom. The molecule has 1 fully saturated rings. The highest BCUT2D eigenvalue weighted by molar-refractivity contribution is 5.93. The molecule has 2 heteroatoms. The van der Waals surface area contributed by atoms with Crippen molar-refractivity contribution in [1.29, 1.82) is 0 Å². The summed E-state index contributed by atoms with van der Waals surface area (Å²) < 4.78 is 4.98. The highest BCUT2D eigenvalue weighted by atomic mass is 16.5. The van der Waals surface area contributed by atoms with Crippen LogP contribution in [0.1, 0.15) is 43.7 Å². The molecule has 1 aliphatic rings. The van der Waals surface area contributed by atoms with Crippen LogP contribution in [-0.2, 0) is 9.53 Å². The van der Waals surface area contributed by atoms with Crippen LogP contribution in [0.15, 0.2) is 29.8 Å². The number of ether oxygens (including phenoxy) is 1. The molecule has 2 nitrogen and oxygen atoms in total. The van der Waals surface area contributed by atoms with E-state index in [1.165, 1.54) is 18.4 Å². The Hall–Kier alpha value is -1.57. The van der Waals surface area contributed by atoms with Crippen LogP contribution in [0.5, 0.6) is 0 Å². The van der Waals surface area contributed by atoms with E-state index in [4.69, 9.17) is 4.74 Å². The third-order valence-corrected chi connectivity index (χ3v) is 2.98. The predicted octanol–water partition coefficient (Wildman–Crippen LogP) is 3.53. The van der Waals surface area contributed by atoms with Gasteiger partial charge in [0.15, 0.2) is 0 Å². The quantitative estimate of drug-likeness (QED) is 0.584. The first-order chi connectivity index (χ1) is 8.22. The number of carbonyl (C=O) groups is 1. The van der Waals surface area contributed by atoms with E-state index < -0.39 is 0 Å². The van der Waals surface area contributed by atoms with Gasteiger partial charge in [0.25, 0.3) is 0 Å². The van der Waals surface area contributed by atoms with Crippen molar-refractivity contribution in [3.05, 3.63) is 41.0 Å². The maximum atomic E-state index is 11.6. The molecule has 1 saturated carbocycles. The Kier molecular flexibility index (Phi) is 3.62. The molecule has 0 bridgehead atoms. The van der Waals surface area contributed by atoms with Gasteiger partial charge in [-0.3, -0.25) is 0 Å². The van der Waals surface area contributed by atoms with Gasteiger partial charge in [0.05, 0.1) is 6.61 Å². The predicted molar refractivity (Wildman–Crippen MR) is 68.7 cm³/mol. The Bertz CT molecular complexity index is 442. The highest BCUT2D eigenvalue weighted by Gasteiger charge is 2.25. The zero-order valence-electron chi connectivity index (χ0n) is 10.4. The molecule has 0 aromatic heterocycles. The SMILES string of the molecule is CCOC(=O)/C(C)=C/c1ccccc1C1CC1. The van der Waals surface area contributed by atoms with Gasteiger partial charge in [0, 0.05) is 5.57 Å². The van der Waals surface area contributed by atoms with Crippen molar-refractivity contribution in [3.63, 3.8) is 0 Å². The molecule has 1 aromatic carbocycles. The average Bonchev–Trinajstić information content (AvgIpc) is 3.14. The lowest BCUT2D eigenvalue weighted by Crippen LogP contribution is -2.05. The first-order valence-corrected chi connectivity index (χ1v) is 6.16. The molecule has 0 saturated heterocycles. The fourth-order valence-electron chi connectivity index (χ4n) is 1.95. The van der Waals surface area contributed by atoms with Crippen LogP contribution in [-0.4, -0.2) is 12.6 Å². The summed E-state index contributed by atoms with van der Waals surface area (Å²) in [7, 11) is 0. The lowest BCUT2D eigenvalue weighted by atomic mass is 10.0. The Morgan fingerprint density at radius 1 is 1.41 bits per heavy atom. The molecule has 0 radical (unpaired) electrons. The minimum Gasteiger partial charge on any atom is -0.463 e. The standard InChI is InChI=1S/C15H18O2/c1-3-17-15(16)11(2)10-13-6-4-5-7-14(13)12-8-9-12/h4-7,10,12H,3,8-9H2,1-2H3/b11-10+. The monoisotopic (exact) mass is 230 g/mol. The molecule has 0 N–H and O–H groups in total. The normalized spacial score (nSPS) is 15.8. The topological polar surface area (TPSA) is 26.3 Å². The second-order valence-electron chi connectivity index (χ2n) is 4.45. The molecular weight excluding hydrogens is 212 g/mol. The van der Waals surface area contributed by atoms with Crippen LogP contribution in [0.4, 0.5) is 0 Å². The van der Waals surface area contributed by atoms with Crippen molar-refractivity contribution in [3.8, 4) is 0 Å². The number of benzene rings is 1. The molecule has 0 spiro atoms. The van der Waals surface area contributed by atoms with Gasteiger partial charge < -0.3 is 4.74 Å². The van der Waals surface area contributed by atoms with E-state index in [0.29, 0.717) is 18.1 Å². The van der Waals surface area contributed by atoms with Crippen molar-refractivity contribution in [2.75, 3.05) is 6.61 Å². The number of rotatable bonds is 4. The van der Waals surface area contributed by atoms with E-state index in [9.17, 15) is 4.79 Å². The summed E-state index contributed by atoms with van der Waals surface area (Å²) in [4.78, 5) is 11.6. The van der Waals surface area contributed by atoms with E-state index in [2.05, 4.69) is 18.2 Å². The first-order valence-electron chi connectivity index (χ1n) is 6.16. The third kappa shape index (κ3) is 2.96. The number of carbonyl (C=O) groups excluding carboxylic acids is 1. The zero-order valence-corrected chi connectivity index (χ0v) is 10.4. The van der Waals surface area contributed by atoms with Crippen molar-refractivity contribution >= 4 is 12.0 Å². The maximum Gasteiger partial charge on any atom is 0.333 e. The van der Waals surface area contributed by atoms with Gasteiger partial charge in [-0.2, -0.15) is 0 Å². The summed E-state index contributed by atoms with van der Waals surface area (Å²) in [5.74, 6) is 0.468. The molecule has 90 valence electrons. The Morgan fingerprint density at radius 3 is 2.76 bits per heavy atom. The zero-order chi connectivity index (χ0) is 12.3. The van der Waals surface area contributed by atoms with Gasteiger partial charge in [0.1, 0.15) is 0 Å². The largest absolute Gasteiger partial charge is 0.463 e. The molecule has 1 aliphatic carbocycles.